The molecule has 1 aliphatic rings. The Hall–Kier alpha value is -2.44. The Bertz CT molecular complexity index is 984. The smallest absolute Gasteiger partial charge is 0.327 e. The number of urea groups is 1. The summed E-state index contributed by atoms with van der Waals surface area (Å²) in [4.78, 5) is 21.9. The van der Waals surface area contributed by atoms with Crippen molar-refractivity contribution in [3.05, 3.63) is 58.9 Å². The number of nitrogens with one attached hydrogen (secondary N) is 2. The number of nitrogens with zero attached hydrogens (tertiary/aromatic N) is 2. The summed E-state index contributed by atoms with van der Waals surface area (Å²) in [7, 11) is 0. The summed E-state index contributed by atoms with van der Waals surface area (Å²) in [5.41, 5.74) is 4.31. The lowest BCUT2D eigenvalue weighted by atomic mass is 10.0. The zero-order chi connectivity index (χ0) is 16.8. The van der Waals surface area contributed by atoms with Gasteiger partial charge in [-0.15, -0.1) is 0 Å². The average molecular weight is 357 g/mol. The minimum Gasteiger partial charge on any atom is -0.345 e. The molecule has 5 nitrogen and oxygen atoms in total. The van der Waals surface area contributed by atoms with E-state index in [0.717, 1.165) is 27.8 Å². The summed E-state index contributed by atoms with van der Waals surface area (Å²) in [6.07, 6.45) is 1.63. The maximum absolute atomic E-state index is 12.5. The summed E-state index contributed by atoms with van der Waals surface area (Å²) < 4.78 is 0. The van der Waals surface area contributed by atoms with E-state index in [0.29, 0.717) is 10.0 Å². The first-order chi connectivity index (χ1) is 11.5. The number of imidazole rings is 1. The van der Waals surface area contributed by atoms with Crippen molar-refractivity contribution in [2.45, 2.75) is 13.0 Å². The molecule has 2 amide bonds. The quantitative estimate of drug-likeness (QED) is 0.679. The van der Waals surface area contributed by atoms with Crippen molar-refractivity contribution in [2.75, 3.05) is 4.90 Å². The molecule has 0 saturated carbocycles. The Morgan fingerprint density at radius 3 is 2.88 bits per heavy atom. The Morgan fingerprint density at radius 1 is 1.25 bits per heavy atom. The van der Waals surface area contributed by atoms with E-state index >= 15 is 0 Å². The van der Waals surface area contributed by atoms with E-state index in [-0.39, 0.29) is 12.1 Å². The number of fused-ring (bicyclic) bond motifs is 1. The number of amides is 2. The van der Waals surface area contributed by atoms with Gasteiger partial charge < -0.3 is 4.98 Å². The number of halogens is 1. The second-order valence-electron chi connectivity index (χ2n) is 5.68. The molecule has 1 aromatic heterocycles. The number of hydrogen-bond acceptors (Lipinski definition) is 3. The highest BCUT2D eigenvalue weighted by molar-refractivity contribution is 7.80. The number of hydrogen-bond donors (Lipinski definition) is 2. The van der Waals surface area contributed by atoms with E-state index in [1.165, 1.54) is 0 Å². The van der Waals surface area contributed by atoms with Gasteiger partial charge in [0.25, 0.3) is 0 Å². The molecule has 0 spiro atoms. The molecule has 1 fully saturated rings. The Labute approximate surface area is 148 Å². The van der Waals surface area contributed by atoms with Crippen molar-refractivity contribution in [3.8, 4) is 0 Å². The number of aryl methyl sites for hydroxylation is 1. The topological polar surface area (TPSA) is 61.0 Å². The fourth-order valence-electron chi connectivity index (χ4n) is 2.94. The Morgan fingerprint density at radius 2 is 2.08 bits per heavy atom. The van der Waals surface area contributed by atoms with Gasteiger partial charge in [0.15, 0.2) is 0 Å². The lowest BCUT2D eigenvalue weighted by Crippen LogP contribution is -2.29. The van der Waals surface area contributed by atoms with Gasteiger partial charge in [-0.05, 0) is 42.3 Å². The standard InChI is InChI=1S/C17H13ClN4OS/c1-9-6-10(2-4-12(9)18)15-16(24)21-17(23)22(15)11-3-5-13-14(7-11)20-8-19-13/h2-8,15H,1H3,(H,19,20)(H,21,23,24). The van der Waals surface area contributed by atoms with Crippen LogP contribution in [0, 0.1) is 6.92 Å². The van der Waals surface area contributed by atoms with Gasteiger partial charge in [-0.25, -0.2) is 9.78 Å². The SMILES string of the molecule is Cc1cc(C2C(=S)NC(=O)N2c2ccc3[nH]cnc3c2)ccc1Cl. The Kier molecular flexibility index (Phi) is 3.51. The van der Waals surface area contributed by atoms with Crippen LogP contribution in [0.25, 0.3) is 11.0 Å². The summed E-state index contributed by atoms with van der Waals surface area (Å²) in [6, 6.07) is 10.7. The molecule has 2 aromatic carbocycles. The van der Waals surface area contributed by atoms with Crippen LogP contribution in [-0.2, 0) is 0 Å². The molecule has 1 atom stereocenters. The number of aromatic amines is 1. The van der Waals surface area contributed by atoms with Gasteiger partial charge in [0.2, 0.25) is 0 Å². The van der Waals surface area contributed by atoms with Crippen molar-refractivity contribution in [1.29, 1.82) is 0 Å². The highest BCUT2D eigenvalue weighted by Crippen LogP contribution is 2.34. The zero-order valence-corrected chi connectivity index (χ0v) is 14.3. The number of benzene rings is 2. The normalized spacial score (nSPS) is 17.6. The van der Waals surface area contributed by atoms with Crippen LogP contribution in [0.5, 0.6) is 0 Å². The van der Waals surface area contributed by atoms with Crippen LogP contribution in [0.2, 0.25) is 5.02 Å². The predicted molar refractivity (Wildman–Crippen MR) is 98.6 cm³/mol. The summed E-state index contributed by atoms with van der Waals surface area (Å²) in [6.45, 7) is 1.93. The number of anilines is 1. The molecule has 0 aliphatic carbocycles. The molecule has 2 N–H and O–H groups in total. The van der Waals surface area contributed by atoms with E-state index in [1.54, 1.807) is 11.2 Å². The van der Waals surface area contributed by atoms with Crippen LogP contribution in [0.1, 0.15) is 17.2 Å². The van der Waals surface area contributed by atoms with Crippen LogP contribution in [0.3, 0.4) is 0 Å². The minimum atomic E-state index is -0.361. The fourth-order valence-corrected chi connectivity index (χ4v) is 3.39. The second-order valence-corrected chi connectivity index (χ2v) is 6.53. The highest BCUT2D eigenvalue weighted by Gasteiger charge is 2.37. The monoisotopic (exact) mass is 356 g/mol. The van der Waals surface area contributed by atoms with Gasteiger partial charge in [-0.3, -0.25) is 10.2 Å². The molecule has 7 heteroatoms. The van der Waals surface area contributed by atoms with Crippen molar-refractivity contribution < 1.29 is 4.79 Å². The van der Waals surface area contributed by atoms with Crippen molar-refractivity contribution >= 4 is 51.6 Å². The Balaban J connectivity index is 1.82. The number of thiocarbonyl (C=S) groups is 1. The molecule has 4 rings (SSSR count). The predicted octanol–water partition coefficient (Wildman–Crippen LogP) is 4.12. The van der Waals surface area contributed by atoms with Crippen LogP contribution in [0.4, 0.5) is 10.5 Å². The van der Waals surface area contributed by atoms with Gasteiger partial charge >= 0.3 is 6.03 Å². The molecule has 1 saturated heterocycles. The molecule has 1 unspecified atom stereocenters. The molecule has 120 valence electrons. The summed E-state index contributed by atoms with van der Waals surface area (Å²) >= 11 is 11.5. The second kappa shape index (κ2) is 5.58. The molecule has 2 heterocycles. The third kappa shape index (κ3) is 2.35. The molecular weight excluding hydrogens is 344 g/mol. The van der Waals surface area contributed by atoms with Gasteiger partial charge in [0.05, 0.1) is 17.4 Å². The van der Waals surface area contributed by atoms with Crippen molar-refractivity contribution in [3.63, 3.8) is 0 Å². The van der Waals surface area contributed by atoms with Gasteiger partial charge in [0.1, 0.15) is 11.0 Å². The van der Waals surface area contributed by atoms with Crippen LogP contribution < -0.4 is 10.2 Å². The first-order valence-electron chi connectivity index (χ1n) is 7.38. The molecule has 24 heavy (non-hydrogen) atoms. The minimum absolute atomic E-state index is 0.243. The largest absolute Gasteiger partial charge is 0.345 e. The number of H-pyrrole nitrogens is 1. The van der Waals surface area contributed by atoms with E-state index in [1.807, 2.05) is 43.3 Å². The third-order valence-electron chi connectivity index (χ3n) is 4.14. The third-order valence-corrected chi connectivity index (χ3v) is 4.89. The number of carbonyl (C=O) groups excluding carboxylic acids is 1. The van der Waals surface area contributed by atoms with Crippen LogP contribution in [-0.4, -0.2) is 21.0 Å². The van der Waals surface area contributed by atoms with Crippen LogP contribution >= 0.6 is 23.8 Å². The van der Waals surface area contributed by atoms with E-state index in [9.17, 15) is 4.79 Å². The molecule has 0 radical (unpaired) electrons. The molecule has 0 bridgehead atoms. The molecule has 3 aromatic rings. The molecular formula is C17H13ClN4OS. The maximum Gasteiger partial charge on any atom is 0.327 e. The molecule has 1 aliphatic heterocycles. The van der Waals surface area contributed by atoms with Crippen molar-refractivity contribution in [1.82, 2.24) is 15.3 Å². The number of carbonyl (C=O) groups is 1. The van der Waals surface area contributed by atoms with Gasteiger partial charge in [0, 0.05) is 10.7 Å². The number of aromatic nitrogens is 2. The van der Waals surface area contributed by atoms with Gasteiger partial charge in [-0.1, -0.05) is 36.0 Å². The zero-order valence-electron chi connectivity index (χ0n) is 12.7. The van der Waals surface area contributed by atoms with E-state index in [4.69, 9.17) is 23.8 Å². The number of rotatable bonds is 2. The lowest BCUT2D eigenvalue weighted by molar-refractivity contribution is 0.252. The summed E-state index contributed by atoms with van der Waals surface area (Å²) in [5.74, 6) is 0. The summed E-state index contributed by atoms with van der Waals surface area (Å²) in [5, 5.41) is 3.43. The lowest BCUT2D eigenvalue weighted by Gasteiger charge is -2.23. The van der Waals surface area contributed by atoms with E-state index < -0.39 is 0 Å². The first kappa shape index (κ1) is 15.1. The fraction of sp³-hybridized carbons (Fsp3) is 0.118. The van der Waals surface area contributed by atoms with Crippen molar-refractivity contribution in [2.24, 2.45) is 0 Å². The average Bonchev–Trinajstić information content (AvgIpc) is 3.13. The van der Waals surface area contributed by atoms with E-state index in [2.05, 4.69) is 15.3 Å². The highest BCUT2D eigenvalue weighted by atomic mass is 35.5. The maximum atomic E-state index is 12.5. The first-order valence-corrected chi connectivity index (χ1v) is 8.16. The van der Waals surface area contributed by atoms with Crippen LogP contribution in [0.15, 0.2) is 42.7 Å². The van der Waals surface area contributed by atoms with Gasteiger partial charge in [-0.2, -0.15) is 0 Å².